The van der Waals surface area contributed by atoms with Crippen molar-refractivity contribution in [3.63, 3.8) is 0 Å². The summed E-state index contributed by atoms with van der Waals surface area (Å²) in [6.07, 6.45) is 0. The lowest BCUT2D eigenvalue weighted by molar-refractivity contribution is 1.12. The molecular formula is C44H25N5. The maximum Gasteiger partial charge on any atom is 0.101 e. The number of para-hydroxylation sites is 5. The first-order valence-electron chi connectivity index (χ1n) is 16.2. The Morgan fingerprint density at radius 3 is 1.20 bits per heavy atom. The second-order valence-corrected chi connectivity index (χ2v) is 12.4. The molecule has 0 radical (unpaired) electrons. The van der Waals surface area contributed by atoms with Gasteiger partial charge in [0.2, 0.25) is 0 Å². The van der Waals surface area contributed by atoms with Crippen molar-refractivity contribution in [2.45, 2.75) is 0 Å². The standard InChI is InChI=1S/C44H25N5/c45-26-28-25-42(29(27-46)24-41(28)48-35-18-8-4-14-31(35)32-15-5-9-19-36(32)48)49-38-21-11-7-17-34(38)44-40(49)23-22-39-43(44)33-16-6-10-20-37(33)47(39)30-12-2-1-3-13-30/h1-25H. The molecule has 0 unspecified atom stereocenters. The number of nitriles is 2. The van der Waals surface area contributed by atoms with Gasteiger partial charge in [-0.05, 0) is 60.7 Å². The predicted molar refractivity (Wildman–Crippen MR) is 199 cm³/mol. The first kappa shape index (κ1) is 27.1. The van der Waals surface area contributed by atoms with Crippen LogP contribution in [0.15, 0.2) is 152 Å². The van der Waals surface area contributed by atoms with Gasteiger partial charge in [-0.1, -0.05) is 91.0 Å². The number of aromatic nitrogens is 3. The van der Waals surface area contributed by atoms with Crippen LogP contribution in [0.3, 0.4) is 0 Å². The second kappa shape index (κ2) is 10.2. The predicted octanol–water partition coefficient (Wildman–Crippen LogP) is 10.7. The highest BCUT2D eigenvalue weighted by Gasteiger charge is 2.23. The summed E-state index contributed by atoms with van der Waals surface area (Å²) in [6.45, 7) is 0. The summed E-state index contributed by atoms with van der Waals surface area (Å²) in [5, 5.41) is 28.2. The van der Waals surface area contributed by atoms with Crippen LogP contribution in [0.4, 0.5) is 0 Å². The Morgan fingerprint density at radius 1 is 0.347 bits per heavy atom. The van der Waals surface area contributed by atoms with E-state index < -0.39 is 0 Å². The van der Waals surface area contributed by atoms with E-state index in [0.717, 1.165) is 71.1 Å². The van der Waals surface area contributed by atoms with Gasteiger partial charge >= 0.3 is 0 Å². The van der Waals surface area contributed by atoms with E-state index in [1.54, 1.807) is 0 Å². The van der Waals surface area contributed by atoms with E-state index in [4.69, 9.17) is 0 Å². The third kappa shape index (κ3) is 3.67. The van der Waals surface area contributed by atoms with Gasteiger partial charge in [0.05, 0.1) is 55.6 Å². The van der Waals surface area contributed by atoms with Crippen LogP contribution in [0.2, 0.25) is 0 Å². The number of fused-ring (bicyclic) bond motifs is 10. The van der Waals surface area contributed by atoms with Gasteiger partial charge in [-0.2, -0.15) is 10.5 Å². The maximum atomic E-state index is 10.8. The molecule has 226 valence electrons. The SMILES string of the molecule is N#Cc1cc(-n2c3ccccc3c3c4c5ccccc5n(-c5ccccc5)c4ccc32)c(C#N)cc1-n1c2ccccc2c2ccccc21. The number of benzene rings is 7. The van der Waals surface area contributed by atoms with Crippen LogP contribution in [0.1, 0.15) is 11.1 Å². The summed E-state index contributed by atoms with van der Waals surface area (Å²) in [5.74, 6) is 0. The first-order chi connectivity index (χ1) is 24.3. The number of nitrogens with zero attached hydrogens (tertiary/aromatic N) is 5. The van der Waals surface area contributed by atoms with Gasteiger partial charge in [0, 0.05) is 38.0 Å². The zero-order valence-electron chi connectivity index (χ0n) is 26.2. The molecule has 0 atom stereocenters. The molecular weight excluding hydrogens is 599 g/mol. The largest absolute Gasteiger partial charge is 0.309 e. The van der Waals surface area contributed by atoms with Crippen LogP contribution in [0, 0.1) is 22.7 Å². The van der Waals surface area contributed by atoms with Crippen molar-refractivity contribution in [3.8, 4) is 29.2 Å². The minimum atomic E-state index is 0.491. The monoisotopic (exact) mass is 623 g/mol. The molecule has 3 aromatic heterocycles. The van der Waals surface area contributed by atoms with Gasteiger partial charge in [0.1, 0.15) is 12.1 Å². The average molecular weight is 624 g/mol. The normalized spacial score (nSPS) is 11.6. The van der Waals surface area contributed by atoms with Crippen LogP contribution in [0.25, 0.3) is 82.5 Å². The zero-order chi connectivity index (χ0) is 32.6. The van der Waals surface area contributed by atoms with Crippen molar-refractivity contribution >= 4 is 65.4 Å². The Hall–Kier alpha value is -7.08. The minimum Gasteiger partial charge on any atom is -0.309 e. The second-order valence-electron chi connectivity index (χ2n) is 12.4. The van der Waals surface area contributed by atoms with Gasteiger partial charge in [0.25, 0.3) is 0 Å². The first-order valence-corrected chi connectivity index (χ1v) is 16.2. The summed E-state index contributed by atoms with van der Waals surface area (Å²) >= 11 is 0. The van der Waals surface area contributed by atoms with Gasteiger partial charge in [-0.3, -0.25) is 0 Å². The average Bonchev–Trinajstić information content (AvgIpc) is 3.80. The molecule has 10 aromatic rings. The molecule has 0 bridgehead atoms. The summed E-state index contributed by atoms with van der Waals surface area (Å²) in [4.78, 5) is 0. The molecule has 0 aliphatic rings. The van der Waals surface area contributed by atoms with Crippen molar-refractivity contribution in [1.29, 1.82) is 10.5 Å². The molecule has 0 amide bonds. The molecule has 0 N–H and O–H groups in total. The fourth-order valence-corrected chi connectivity index (χ4v) is 7.94. The van der Waals surface area contributed by atoms with Crippen molar-refractivity contribution < 1.29 is 0 Å². The fourth-order valence-electron chi connectivity index (χ4n) is 7.94. The van der Waals surface area contributed by atoms with Crippen LogP contribution >= 0.6 is 0 Å². The van der Waals surface area contributed by atoms with E-state index in [1.165, 1.54) is 0 Å². The van der Waals surface area contributed by atoms with Crippen molar-refractivity contribution in [1.82, 2.24) is 13.7 Å². The van der Waals surface area contributed by atoms with E-state index in [9.17, 15) is 10.5 Å². The van der Waals surface area contributed by atoms with E-state index in [1.807, 2.05) is 48.5 Å². The highest BCUT2D eigenvalue weighted by molar-refractivity contribution is 6.29. The molecule has 5 heteroatoms. The van der Waals surface area contributed by atoms with Crippen LogP contribution in [0.5, 0.6) is 0 Å². The lowest BCUT2D eigenvalue weighted by Crippen LogP contribution is -2.04. The van der Waals surface area contributed by atoms with E-state index in [2.05, 4.69) is 129 Å². The quantitative estimate of drug-likeness (QED) is 0.197. The molecule has 49 heavy (non-hydrogen) atoms. The van der Waals surface area contributed by atoms with Gasteiger partial charge in [-0.15, -0.1) is 0 Å². The van der Waals surface area contributed by atoms with E-state index in [-0.39, 0.29) is 0 Å². The smallest absolute Gasteiger partial charge is 0.101 e. The molecule has 0 fully saturated rings. The van der Waals surface area contributed by atoms with Crippen LogP contribution in [-0.4, -0.2) is 13.7 Å². The number of hydrogen-bond acceptors (Lipinski definition) is 2. The molecule has 0 aliphatic carbocycles. The third-order valence-corrected chi connectivity index (χ3v) is 9.90. The molecule has 0 saturated carbocycles. The molecule has 7 aromatic carbocycles. The highest BCUT2D eigenvalue weighted by Crippen LogP contribution is 2.43. The van der Waals surface area contributed by atoms with E-state index in [0.29, 0.717) is 22.5 Å². The minimum absolute atomic E-state index is 0.491. The lowest BCUT2D eigenvalue weighted by atomic mass is 10.1. The Labute approximate surface area is 280 Å². The molecule has 0 aliphatic heterocycles. The summed E-state index contributed by atoms with van der Waals surface area (Å²) in [5.41, 5.74) is 9.64. The highest BCUT2D eigenvalue weighted by atomic mass is 15.0. The van der Waals surface area contributed by atoms with Gasteiger partial charge in [0.15, 0.2) is 0 Å². The number of hydrogen-bond donors (Lipinski definition) is 0. The third-order valence-electron chi connectivity index (χ3n) is 9.90. The Bertz CT molecular complexity index is 3020. The summed E-state index contributed by atoms with van der Waals surface area (Å²) in [6, 6.07) is 56.9. The van der Waals surface area contributed by atoms with Crippen molar-refractivity contribution in [2.24, 2.45) is 0 Å². The Kier molecular flexibility index (Phi) is 5.64. The molecule has 5 nitrogen and oxygen atoms in total. The molecule has 10 rings (SSSR count). The summed E-state index contributed by atoms with van der Waals surface area (Å²) in [7, 11) is 0. The molecule has 0 saturated heterocycles. The van der Waals surface area contributed by atoms with Crippen molar-refractivity contribution in [3.05, 3.63) is 163 Å². The zero-order valence-corrected chi connectivity index (χ0v) is 26.2. The summed E-state index contributed by atoms with van der Waals surface area (Å²) < 4.78 is 6.60. The Morgan fingerprint density at radius 2 is 0.714 bits per heavy atom. The maximum absolute atomic E-state index is 10.8. The Balaban J connectivity index is 1.32. The lowest BCUT2D eigenvalue weighted by Gasteiger charge is -2.15. The van der Waals surface area contributed by atoms with E-state index >= 15 is 0 Å². The molecule has 0 spiro atoms. The number of rotatable bonds is 3. The van der Waals surface area contributed by atoms with Crippen LogP contribution in [-0.2, 0) is 0 Å². The van der Waals surface area contributed by atoms with Gasteiger partial charge in [-0.25, -0.2) is 0 Å². The molecule has 3 heterocycles. The topological polar surface area (TPSA) is 62.4 Å². The van der Waals surface area contributed by atoms with Gasteiger partial charge < -0.3 is 13.7 Å². The fraction of sp³-hybridized carbons (Fsp3) is 0. The van der Waals surface area contributed by atoms with Crippen molar-refractivity contribution in [2.75, 3.05) is 0 Å². The van der Waals surface area contributed by atoms with Crippen LogP contribution < -0.4 is 0 Å².